The molecular weight excluding hydrogens is 373 g/mol. The molecule has 1 aromatic carbocycles. The minimum Gasteiger partial charge on any atom is -0.399 e. The van der Waals surface area contributed by atoms with E-state index in [0.717, 1.165) is 0 Å². The molecule has 160 valence electrons. The van der Waals surface area contributed by atoms with Crippen LogP contribution < -0.4 is 5.46 Å². The zero-order valence-electron chi connectivity index (χ0n) is 20.4. The van der Waals surface area contributed by atoms with Crippen molar-refractivity contribution in [1.29, 1.82) is 0 Å². The van der Waals surface area contributed by atoms with Crippen molar-refractivity contribution in [2.75, 3.05) is 0 Å². The first-order valence-electron chi connectivity index (χ1n) is 11.2. The Labute approximate surface area is 179 Å². The monoisotopic (exact) mass is 413 g/mol. The zero-order chi connectivity index (χ0) is 21.9. The molecule has 0 saturated carbocycles. The summed E-state index contributed by atoms with van der Waals surface area (Å²) in [6.45, 7) is 25.2. The Morgan fingerprint density at radius 2 is 1.34 bits per heavy atom. The highest BCUT2D eigenvalue weighted by molar-refractivity contribution is 6.83. The van der Waals surface area contributed by atoms with Gasteiger partial charge in [0.15, 0.2) is 8.24 Å². The standard InChI is InChI=1S/C24H40BNO2Si/c1-16(2)29(17(3)4,18(5)6)26-15-21(20-13-12-19(7)14-22(20)26)25-27-23(8,9)24(10,11)28-25/h12-18H,1-11H3. The van der Waals surface area contributed by atoms with Gasteiger partial charge in [0.25, 0.3) is 0 Å². The maximum Gasteiger partial charge on any atom is 0.497 e. The van der Waals surface area contributed by atoms with E-state index in [0.29, 0.717) is 16.6 Å². The van der Waals surface area contributed by atoms with E-state index in [-0.39, 0.29) is 18.3 Å². The predicted octanol–water partition coefficient (Wildman–Crippen LogP) is 6.27. The maximum atomic E-state index is 6.48. The Bertz CT molecular complexity index is 860. The summed E-state index contributed by atoms with van der Waals surface area (Å²) in [5.41, 5.74) is 5.05. The molecule has 1 aliphatic rings. The highest BCUT2D eigenvalue weighted by Crippen LogP contribution is 2.44. The molecule has 2 aromatic rings. The van der Waals surface area contributed by atoms with Gasteiger partial charge in [0.1, 0.15) is 0 Å². The van der Waals surface area contributed by atoms with Crippen molar-refractivity contribution >= 4 is 31.7 Å². The lowest BCUT2D eigenvalue weighted by atomic mass is 9.79. The van der Waals surface area contributed by atoms with E-state index in [1.54, 1.807) is 0 Å². The van der Waals surface area contributed by atoms with Crippen LogP contribution in [0.3, 0.4) is 0 Å². The van der Waals surface area contributed by atoms with Crippen molar-refractivity contribution < 1.29 is 9.31 Å². The predicted molar refractivity (Wildman–Crippen MR) is 129 cm³/mol. The molecule has 5 heteroatoms. The fourth-order valence-electron chi connectivity index (χ4n) is 5.68. The number of benzene rings is 1. The molecular formula is C24H40BNO2Si. The quantitative estimate of drug-likeness (QED) is 0.539. The number of rotatable bonds is 5. The van der Waals surface area contributed by atoms with E-state index in [4.69, 9.17) is 9.31 Å². The van der Waals surface area contributed by atoms with Crippen LogP contribution in [0.2, 0.25) is 16.6 Å². The van der Waals surface area contributed by atoms with Crippen LogP contribution in [-0.4, -0.2) is 30.8 Å². The second-order valence-corrected chi connectivity index (χ2v) is 16.6. The number of hydrogen-bond acceptors (Lipinski definition) is 2. The molecule has 3 rings (SSSR count). The Balaban J connectivity index is 2.29. The summed E-state index contributed by atoms with van der Waals surface area (Å²) in [6.07, 6.45) is 2.39. The largest absolute Gasteiger partial charge is 0.497 e. The van der Waals surface area contributed by atoms with Gasteiger partial charge >= 0.3 is 7.12 Å². The van der Waals surface area contributed by atoms with Crippen molar-refractivity contribution in [3.63, 3.8) is 0 Å². The van der Waals surface area contributed by atoms with E-state index >= 15 is 0 Å². The van der Waals surface area contributed by atoms with Crippen molar-refractivity contribution in [1.82, 2.24) is 4.23 Å². The van der Waals surface area contributed by atoms with E-state index in [9.17, 15) is 0 Å². The van der Waals surface area contributed by atoms with Gasteiger partial charge in [-0.25, -0.2) is 0 Å². The summed E-state index contributed by atoms with van der Waals surface area (Å²) in [4.78, 5) is 0. The SMILES string of the molecule is Cc1ccc2c(B3OC(C)(C)C(C)(C)O3)cn([Si](C(C)C)(C(C)C)C(C)C)c2c1. The first kappa shape index (κ1) is 22.6. The molecule has 0 bridgehead atoms. The van der Waals surface area contributed by atoms with Gasteiger partial charge in [-0.1, -0.05) is 53.7 Å². The third-order valence-electron chi connectivity index (χ3n) is 7.69. The molecule has 0 radical (unpaired) electrons. The molecule has 1 fully saturated rings. The van der Waals surface area contributed by atoms with Gasteiger partial charge in [0.2, 0.25) is 0 Å². The second kappa shape index (κ2) is 7.28. The molecule has 0 unspecified atom stereocenters. The molecule has 0 amide bonds. The number of fused-ring (bicyclic) bond motifs is 1. The van der Waals surface area contributed by atoms with E-state index in [1.165, 1.54) is 21.9 Å². The maximum absolute atomic E-state index is 6.48. The molecule has 29 heavy (non-hydrogen) atoms. The lowest BCUT2D eigenvalue weighted by Gasteiger charge is -2.44. The minimum atomic E-state index is -1.89. The normalized spacial score (nSPS) is 19.3. The Kier molecular flexibility index (Phi) is 5.68. The van der Waals surface area contributed by atoms with E-state index in [1.807, 2.05) is 0 Å². The van der Waals surface area contributed by atoms with Crippen LogP contribution in [0.5, 0.6) is 0 Å². The molecule has 1 aliphatic heterocycles. The lowest BCUT2D eigenvalue weighted by Crippen LogP contribution is -2.52. The number of aryl methyl sites for hydroxylation is 1. The fraction of sp³-hybridized carbons (Fsp3) is 0.667. The Hall–Kier alpha value is -1.04. The van der Waals surface area contributed by atoms with Crippen LogP contribution in [0.15, 0.2) is 24.4 Å². The molecule has 0 aliphatic carbocycles. The summed E-state index contributed by atoms with van der Waals surface area (Å²) in [6, 6.07) is 6.84. The van der Waals surface area contributed by atoms with Gasteiger partial charge in [0.05, 0.1) is 11.2 Å². The van der Waals surface area contributed by atoms with E-state index < -0.39 is 8.24 Å². The molecule has 0 atom stereocenters. The van der Waals surface area contributed by atoms with Gasteiger partial charge in [-0.15, -0.1) is 0 Å². The fourth-order valence-corrected chi connectivity index (χ4v) is 12.3. The van der Waals surface area contributed by atoms with E-state index in [2.05, 4.69) is 105 Å². The van der Waals surface area contributed by atoms with Crippen LogP contribution >= 0.6 is 0 Å². The number of aromatic nitrogens is 1. The molecule has 0 spiro atoms. The van der Waals surface area contributed by atoms with Crippen LogP contribution in [0, 0.1) is 6.92 Å². The zero-order valence-corrected chi connectivity index (χ0v) is 21.4. The van der Waals surface area contributed by atoms with Crippen LogP contribution in [0.25, 0.3) is 10.9 Å². The van der Waals surface area contributed by atoms with Crippen LogP contribution in [-0.2, 0) is 9.31 Å². The smallest absolute Gasteiger partial charge is 0.399 e. The summed E-state index contributed by atoms with van der Waals surface area (Å²) in [7, 11) is -2.22. The topological polar surface area (TPSA) is 23.4 Å². The van der Waals surface area contributed by atoms with Crippen LogP contribution in [0.4, 0.5) is 0 Å². The molecule has 1 aromatic heterocycles. The third-order valence-corrected chi connectivity index (χ3v) is 14.4. The number of nitrogens with zero attached hydrogens (tertiary/aromatic N) is 1. The summed E-state index contributed by atoms with van der Waals surface area (Å²) < 4.78 is 15.6. The van der Waals surface area contributed by atoms with Crippen molar-refractivity contribution in [2.24, 2.45) is 0 Å². The first-order valence-corrected chi connectivity index (χ1v) is 13.4. The first-order chi connectivity index (χ1) is 13.3. The van der Waals surface area contributed by atoms with Crippen molar-refractivity contribution in [3.8, 4) is 0 Å². The highest BCUT2D eigenvalue weighted by Gasteiger charge is 2.53. The highest BCUT2D eigenvalue weighted by atomic mass is 28.3. The van der Waals surface area contributed by atoms with Crippen molar-refractivity contribution in [3.05, 3.63) is 30.0 Å². The van der Waals surface area contributed by atoms with Gasteiger partial charge in [0, 0.05) is 11.0 Å². The molecule has 0 N–H and O–H groups in total. The Morgan fingerprint density at radius 3 is 1.79 bits per heavy atom. The second-order valence-electron chi connectivity index (χ2n) is 10.9. The third kappa shape index (κ3) is 3.34. The number of hydrogen-bond donors (Lipinski definition) is 0. The van der Waals surface area contributed by atoms with Gasteiger partial charge in [-0.3, -0.25) is 0 Å². The average Bonchev–Trinajstić information content (AvgIpc) is 3.02. The van der Waals surface area contributed by atoms with Crippen molar-refractivity contribution in [2.45, 2.75) is 104 Å². The Morgan fingerprint density at radius 1 is 0.862 bits per heavy atom. The average molecular weight is 413 g/mol. The minimum absolute atomic E-state index is 0.329. The molecule has 3 nitrogen and oxygen atoms in total. The lowest BCUT2D eigenvalue weighted by molar-refractivity contribution is 0.00578. The summed E-state index contributed by atoms with van der Waals surface area (Å²) >= 11 is 0. The van der Waals surface area contributed by atoms with Gasteiger partial charge < -0.3 is 13.5 Å². The molecule has 2 heterocycles. The van der Waals surface area contributed by atoms with Crippen LogP contribution in [0.1, 0.15) is 74.8 Å². The van der Waals surface area contributed by atoms with Gasteiger partial charge in [-0.05, 0) is 74.5 Å². The summed E-state index contributed by atoms with van der Waals surface area (Å²) in [5, 5.41) is 1.27. The molecule has 1 saturated heterocycles. The van der Waals surface area contributed by atoms with Gasteiger partial charge in [-0.2, -0.15) is 0 Å². The summed E-state index contributed by atoms with van der Waals surface area (Å²) in [5.74, 6) is 0.